The van der Waals surface area contributed by atoms with Gasteiger partial charge in [-0.2, -0.15) is 4.98 Å². The maximum absolute atomic E-state index is 13.7. The second-order valence-corrected chi connectivity index (χ2v) is 11.8. The summed E-state index contributed by atoms with van der Waals surface area (Å²) in [5, 5.41) is 9.88. The predicted molar refractivity (Wildman–Crippen MR) is 155 cm³/mol. The smallest absolute Gasteiger partial charge is 0.406 e. The lowest BCUT2D eigenvalue weighted by atomic mass is 9.73. The summed E-state index contributed by atoms with van der Waals surface area (Å²) in [7, 11) is 0. The lowest BCUT2D eigenvalue weighted by Crippen LogP contribution is -2.53. The third-order valence-corrected chi connectivity index (χ3v) is 7.28. The molecular formula is C31H33F3N6O4. The van der Waals surface area contributed by atoms with E-state index in [1.165, 1.54) is 18.2 Å². The maximum Gasteiger partial charge on any atom is 0.573 e. The Hall–Kier alpha value is -4.68. The van der Waals surface area contributed by atoms with Crippen molar-refractivity contribution in [1.82, 2.24) is 30.7 Å². The number of pyridine rings is 1. The number of nitrogens with zero attached hydrogens (tertiary/aromatic N) is 4. The van der Waals surface area contributed by atoms with Crippen LogP contribution in [0.1, 0.15) is 51.6 Å². The summed E-state index contributed by atoms with van der Waals surface area (Å²) in [6.45, 7) is 7.98. The molecule has 3 atom stereocenters. The minimum absolute atomic E-state index is 0.201. The third kappa shape index (κ3) is 7.26. The Morgan fingerprint density at radius 3 is 2.64 bits per heavy atom. The molecule has 232 valence electrons. The van der Waals surface area contributed by atoms with Gasteiger partial charge in [0.25, 0.3) is 0 Å². The zero-order valence-corrected chi connectivity index (χ0v) is 24.7. The van der Waals surface area contributed by atoms with Crippen LogP contribution in [0, 0.1) is 11.8 Å². The van der Waals surface area contributed by atoms with Gasteiger partial charge < -0.3 is 24.8 Å². The van der Waals surface area contributed by atoms with E-state index in [1.807, 2.05) is 20.8 Å². The van der Waals surface area contributed by atoms with Crippen LogP contribution in [0.5, 0.6) is 5.75 Å². The molecule has 0 bridgehead atoms. The number of fused-ring (bicyclic) bond motifs is 1. The van der Waals surface area contributed by atoms with Gasteiger partial charge in [-0.1, -0.05) is 41.1 Å². The maximum atomic E-state index is 13.7. The van der Waals surface area contributed by atoms with E-state index >= 15 is 0 Å². The van der Waals surface area contributed by atoms with Crippen molar-refractivity contribution in [1.29, 1.82) is 0 Å². The number of urea groups is 1. The van der Waals surface area contributed by atoms with Gasteiger partial charge in [0.1, 0.15) is 17.5 Å². The Balaban J connectivity index is 1.40. The Morgan fingerprint density at radius 2 is 1.93 bits per heavy atom. The van der Waals surface area contributed by atoms with Gasteiger partial charge >= 0.3 is 12.4 Å². The van der Waals surface area contributed by atoms with E-state index in [-0.39, 0.29) is 30.1 Å². The summed E-state index contributed by atoms with van der Waals surface area (Å²) in [6, 6.07) is 10.2. The highest BCUT2D eigenvalue weighted by Gasteiger charge is 2.40. The number of aromatic nitrogens is 3. The van der Waals surface area contributed by atoms with Crippen LogP contribution in [0.3, 0.4) is 0 Å². The number of nitrogens with one attached hydrogen (secondary N) is 2. The van der Waals surface area contributed by atoms with E-state index in [0.717, 1.165) is 5.57 Å². The number of ether oxygens (including phenoxy) is 1. The highest BCUT2D eigenvalue weighted by molar-refractivity contribution is 5.87. The molecule has 2 aromatic heterocycles. The normalized spacial score (nSPS) is 19.3. The number of piperidine rings is 1. The van der Waals surface area contributed by atoms with Crippen LogP contribution < -0.4 is 15.4 Å². The van der Waals surface area contributed by atoms with Crippen LogP contribution in [0.15, 0.2) is 70.9 Å². The van der Waals surface area contributed by atoms with Crippen molar-refractivity contribution < 1.29 is 32.0 Å². The van der Waals surface area contributed by atoms with Gasteiger partial charge in [-0.3, -0.25) is 9.78 Å². The van der Waals surface area contributed by atoms with Gasteiger partial charge in [-0.25, -0.2) is 4.79 Å². The van der Waals surface area contributed by atoms with Crippen molar-refractivity contribution in [3.63, 3.8) is 0 Å². The van der Waals surface area contributed by atoms with Crippen LogP contribution in [0.4, 0.5) is 18.0 Å². The molecule has 0 radical (unpaired) electrons. The molecule has 3 heterocycles. The number of hydrogen-bond acceptors (Lipinski definition) is 7. The number of benzene rings is 1. The SMILES string of the molecule is CC(NC(=O)C1C=CC(c2cccc(OC(F)(F)F)c2)=C2CCN(C(=O)NC(C)(C)C)CC21)c1nc(-c2ccccn2)no1. The molecule has 1 saturated heterocycles. The van der Waals surface area contributed by atoms with Crippen LogP contribution in [-0.4, -0.2) is 57.0 Å². The standard InChI is InChI=1S/C31H33F3N6O4/c1-18(28-37-26(39-44-28)25-10-5-6-14-35-25)36-27(41)23-12-11-21(19-8-7-9-20(16-19)43-31(32,33)34)22-13-15-40(17-24(22)23)29(42)38-30(2,3)4/h5-12,14,16,18,23-24H,13,15,17H2,1-4H3,(H,36,41)(H,38,42). The Kier molecular flexibility index (Phi) is 8.49. The van der Waals surface area contributed by atoms with E-state index in [1.54, 1.807) is 54.4 Å². The van der Waals surface area contributed by atoms with Crippen molar-refractivity contribution in [3.8, 4) is 17.3 Å². The van der Waals surface area contributed by atoms with Gasteiger partial charge in [0.2, 0.25) is 17.6 Å². The largest absolute Gasteiger partial charge is 0.573 e. The number of likely N-dealkylation sites (tertiary alicyclic amines) is 1. The molecule has 3 unspecified atom stereocenters. The number of allylic oxidation sites excluding steroid dienone is 2. The fourth-order valence-electron chi connectivity index (χ4n) is 5.36. The summed E-state index contributed by atoms with van der Waals surface area (Å²) in [5.74, 6) is -1.27. The molecule has 1 aliphatic heterocycles. The Morgan fingerprint density at radius 1 is 1.14 bits per heavy atom. The second kappa shape index (κ2) is 12.1. The number of carbonyl (C=O) groups excluding carboxylic acids is 2. The van der Waals surface area contributed by atoms with Crippen molar-refractivity contribution in [2.24, 2.45) is 11.8 Å². The molecule has 1 fully saturated rings. The van der Waals surface area contributed by atoms with Gasteiger partial charge in [0, 0.05) is 30.7 Å². The van der Waals surface area contributed by atoms with E-state index in [4.69, 9.17) is 4.52 Å². The topological polar surface area (TPSA) is 122 Å². The molecule has 10 nitrogen and oxygen atoms in total. The second-order valence-electron chi connectivity index (χ2n) is 11.8. The molecule has 0 saturated carbocycles. The first kappa shape index (κ1) is 30.8. The number of hydrogen-bond donors (Lipinski definition) is 2. The molecule has 3 amide bonds. The average Bonchev–Trinajstić information content (AvgIpc) is 3.46. The minimum Gasteiger partial charge on any atom is -0.406 e. The number of amides is 3. The monoisotopic (exact) mass is 610 g/mol. The molecule has 3 aromatic rings. The van der Waals surface area contributed by atoms with Crippen LogP contribution in [0.25, 0.3) is 17.1 Å². The van der Waals surface area contributed by atoms with Gasteiger partial charge in [0.05, 0.1) is 5.92 Å². The fourth-order valence-corrected chi connectivity index (χ4v) is 5.36. The van der Waals surface area contributed by atoms with Gasteiger partial charge in [-0.15, -0.1) is 13.2 Å². The van der Waals surface area contributed by atoms with Crippen molar-refractivity contribution in [3.05, 3.63) is 77.8 Å². The fraction of sp³-hybridized carbons (Fsp3) is 0.387. The van der Waals surface area contributed by atoms with Gasteiger partial charge in [0.15, 0.2) is 0 Å². The average molecular weight is 611 g/mol. The predicted octanol–water partition coefficient (Wildman–Crippen LogP) is 5.68. The highest BCUT2D eigenvalue weighted by Crippen LogP contribution is 2.41. The first-order chi connectivity index (χ1) is 20.8. The van der Waals surface area contributed by atoms with E-state index < -0.39 is 29.8 Å². The van der Waals surface area contributed by atoms with Gasteiger partial charge in [-0.05, 0) is 69.5 Å². The van der Waals surface area contributed by atoms with Crippen molar-refractivity contribution in [2.45, 2.75) is 52.1 Å². The number of alkyl halides is 3. The lowest BCUT2D eigenvalue weighted by molar-refractivity contribution is -0.274. The molecule has 5 rings (SSSR count). The minimum atomic E-state index is -4.83. The number of rotatable bonds is 6. The molecular weight excluding hydrogens is 577 g/mol. The lowest BCUT2D eigenvalue weighted by Gasteiger charge is -2.41. The molecule has 0 spiro atoms. The number of halogens is 3. The van der Waals surface area contributed by atoms with Crippen LogP contribution >= 0.6 is 0 Å². The first-order valence-electron chi connectivity index (χ1n) is 14.2. The first-order valence-corrected chi connectivity index (χ1v) is 14.2. The van der Waals surface area contributed by atoms with Crippen LogP contribution in [-0.2, 0) is 4.79 Å². The van der Waals surface area contributed by atoms with E-state index in [0.29, 0.717) is 35.6 Å². The summed E-state index contributed by atoms with van der Waals surface area (Å²) < 4.78 is 48.3. The Bertz CT molecular complexity index is 1580. The van der Waals surface area contributed by atoms with Crippen LogP contribution in [0.2, 0.25) is 0 Å². The summed E-state index contributed by atoms with van der Waals surface area (Å²) in [6.07, 6.45) is 0.692. The summed E-state index contributed by atoms with van der Waals surface area (Å²) >= 11 is 0. The summed E-state index contributed by atoms with van der Waals surface area (Å²) in [4.78, 5) is 37.1. The third-order valence-electron chi connectivity index (χ3n) is 7.28. The van der Waals surface area contributed by atoms with E-state index in [2.05, 4.69) is 30.5 Å². The molecule has 1 aliphatic carbocycles. The molecule has 2 N–H and O–H groups in total. The zero-order chi connectivity index (χ0) is 31.6. The zero-order valence-electron chi connectivity index (χ0n) is 24.7. The number of carbonyl (C=O) groups is 2. The highest BCUT2D eigenvalue weighted by atomic mass is 19.4. The molecule has 13 heteroatoms. The molecule has 1 aromatic carbocycles. The Labute approximate surface area is 252 Å². The summed E-state index contributed by atoms with van der Waals surface area (Å²) in [5.41, 5.74) is 2.16. The molecule has 44 heavy (non-hydrogen) atoms. The van der Waals surface area contributed by atoms with E-state index in [9.17, 15) is 22.8 Å². The van der Waals surface area contributed by atoms with Crippen molar-refractivity contribution >= 4 is 17.5 Å². The molecule has 2 aliphatic rings. The van der Waals surface area contributed by atoms with Crippen molar-refractivity contribution in [2.75, 3.05) is 13.1 Å². The quantitative estimate of drug-likeness (QED) is 0.368.